The van der Waals surface area contributed by atoms with Crippen LogP contribution in [0.15, 0.2) is 52.3 Å². The standard InChI is InChI=1S/C18H23N3O3.C18H25N3O3.C18H23N3O2.C17H23N3O4.C17H21N3O3.C17H23N3O3/c1-19-14-4-12-3-13(12)21(14)16(22)15(20-24)17-5-10-2-11(6-17)8-18(23,7-10)9-17;19-15(16(23)21-13-2-12(13)3-14(21)20-9-22)17-4-10-1-11(5-17)7-18(24,6-10)8-17;1-20-14-4-12-3-13(12)21(14)16(22)15(19)17-5-10-2-11(6-17)8-18(23,7-10)9-17;21-10-18-13-2-1-3-20(13)15(22)14(19-24)16-5-11-4-12(6-16)8-17(23,7-11)9-16;1-18-13-3-2-4-20(13)15(21)14(19-23)16-6-11-5-12(7-16)9-17(22,8-11)10-16;18-14(15(22)20-3-1-2-13(20)19-10-21)16-5-11-4-12(6-16)8-17(23,7-11)9-16/h10-14,23-24H,2-9H2;9-14,19,24H,1-8H2,(H,20,22);10-14,19,23H,2-9H2;1,3,10-13,23-24H,2,4-9H2,(H,18,21);2,4,11-13,22-23H,3,5-10H2;1,3,10-13,18,23H,2,4-9H2,(H,19,21)/b20-15-;;;2*19-14-;. The van der Waals surface area contributed by atoms with Crippen molar-refractivity contribution < 1.29 is 89.4 Å². The summed E-state index contributed by atoms with van der Waals surface area (Å²) in [6.45, 7) is 21.9. The molecule has 24 unspecified atom stereocenters. The van der Waals surface area contributed by atoms with Crippen LogP contribution in [0.5, 0.6) is 0 Å². The predicted octanol–water partition coefficient (Wildman–Crippen LogP) is 9.51. The first kappa shape index (κ1) is 95.9. The highest BCUT2D eigenvalue weighted by atomic mass is 16.4. The summed E-state index contributed by atoms with van der Waals surface area (Å²) in [5.74, 6) is 4.82. The third kappa shape index (κ3) is 16.6. The molecule has 24 atom stereocenters. The van der Waals surface area contributed by atoms with Crippen LogP contribution in [-0.2, 0) is 43.2 Å². The van der Waals surface area contributed by atoms with E-state index < -0.39 is 90.8 Å². The Morgan fingerprint density at radius 2 is 0.546 bits per heavy atom. The lowest BCUT2D eigenvalue weighted by Crippen LogP contribution is -2.61. The van der Waals surface area contributed by atoms with Gasteiger partial charge in [-0.1, -0.05) is 33.7 Å². The second kappa shape index (κ2) is 34.4. The summed E-state index contributed by atoms with van der Waals surface area (Å²) in [5.41, 5.74) is -6.05. The number of likely N-dealkylation sites (tertiary alicyclic amines) is 3. The molecule has 3 saturated heterocycles. The smallest absolute Gasteiger partial charge is 0.308 e. The molecule has 0 aromatic heterocycles. The highest BCUT2D eigenvalue weighted by molar-refractivity contribution is 6.43. The van der Waals surface area contributed by atoms with Gasteiger partial charge >= 0.3 is 18.5 Å². The molecule has 756 valence electrons. The Hall–Kier alpha value is -9.90. The number of fused-ring (bicyclic) bond motifs is 3. The summed E-state index contributed by atoms with van der Waals surface area (Å²) in [4.78, 5) is 131. The van der Waals surface area contributed by atoms with Crippen molar-refractivity contribution in [3.8, 4) is 0 Å². The molecule has 0 spiro atoms. The maximum atomic E-state index is 13.2. The number of carbonyl (C=O) groups is 9. The molecular weight excluding hydrogens is 1800 g/mol. The van der Waals surface area contributed by atoms with Gasteiger partial charge in [-0.3, -0.25) is 93.5 Å². The molecule has 9 amide bonds. The van der Waals surface area contributed by atoms with Gasteiger partial charge < -0.3 is 67.1 Å². The SMILES string of the molecule is N=C(C(=O)N1C(NC=O)CC2CC21)C12CC3CC(CC(O)(C3)C1)C2.N=C(C(=O)N1C=CCC1NC=O)C12CC3CC(CC(O)(C3)C1)C2.O=CNC1CC=CN1C(=O)/C(=N/O)C12CC3CC(CC(O)(C3)C1)C2.[C-]#[N+]C1CC2CC2N1C(=O)/C(=N/O)C12CC3CC(CC(O)(C3)C1)C2.[C-]#[N+]C1CC2CC2N1C(=O)C(=N)C12CC3CC(CC(O)(C3)C1)C2.[C-]#[N+]C1CC=CN1C(=O)/C(=N/O)C12CC3CC(CC(O)(C3)C1)C2. The summed E-state index contributed by atoms with van der Waals surface area (Å²) in [6, 6.07) is 0.566. The first-order valence-corrected chi connectivity index (χ1v) is 52.7. The zero-order valence-electron chi connectivity index (χ0n) is 80.4. The molecule has 141 heavy (non-hydrogen) atoms. The number of nitrogens with one attached hydrogen (secondary N) is 6. The fourth-order valence-corrected chi connectivity index (χ4v) is 37.9. The molecule has 0 radical (unpaired) electrons. The molecule has 27 saturated carbocycles. The van der Waals surface area contributed by atoms with Crippen LogP contribution < -0.4 is 16.0 Å². The van der Waals surface area contributed by atoms with Gasteiger partial charge in [0, 0.05) is 94.9 Å². The maximum Gasteiger partial charge on any atom is 0.308 e. The second-order valence-corrected chi connectivity index (χ2v) is 51.0. The van der Waals surface area contributed by atoms with Gasteiger partial charge in [0.15, 0.2) is 17.1 Å². The highest BCUT2D eigenvalue weighted by Crippen LogP contribution is 2.70. The van der Waals surface area contributed by atoms with Crippen LogP contribution >= 0.6 is 0 Å². The fourth-order valence-electron chi connectivity index (χ4n) is 37.9. The fraction of sp³-hybridized carbons (Fsp3) is 0.771. The predicted molar refractivity (Wildman–Crippen MR) is 505 cm³/mol. The zero-order valence-corrected chi connectivity index (χ0v) is 80.4. The molecule has 0 aromatic carbocycles. The van der Waals surface area contributed by atoms with E-state index in [1.807, 2.05) is 6.08 Å². The first-order valence-electron chi connectivity index (χ1n) is 52.7. The number of nitrogens with zero attached hydrogens (tertiary/aromatic N) is 12. The minimum absolute atomic E-state index is 0.120. The third-order valence-electron chi connectivity index (χ3n) is 40.6. The molecule has 15 N–H and O–H groups in total. The largest absolute Gasteiger partial charge is 0.410 e. The molecule has 36 heteroatoms. The summed E-state index contributed by atoms with van der Waals surface area (Å²) in [7, 11) is 0. The van der Waals surface area contributed by atoms with E-state index in [4.69, 9.17) is 35.9 Å². The Balaban J connectivity index is 0.0000000971. The number of carbonyl (C=O) groups excluding carboxylic acids is 9. The number of hydrogen-bond acceptors (Lipinski definition) is 24. The lowest BCUT2D eigenvalue weighted by molar-refractivity contribution is -0.147. The molecule has 24 bridgehead atoms. The quantitative estimate of drug-likeness (QED) is 0.0199. The van der Waals surface area contributed by atoms with Gasteiger partial charge in [-0.25, -0.2) is 24.6 Å². The monoisotopic (exact) mass is 1940 g/mol. The van der Waals surface area contributed by atoms with Gasteiger partial charge in [0.2, 0.25) is 19.2 Å². The van der Waals surface area contributed by atoms with Gasteiger partial charge in [-0.2, -0.15) is 0 Å². The van der Waals surface area contributed by atoms with E-state index in [0.717, 1.165) is 231 Å². The minimum Gasteiger partial charge on any atom is -0.410 e. The molecular formula is C105H138N18O18. The number of amides is 9. The maximum absolute atomic E-state index is 13.2. The van der Waals surface area contributed by atoms with E-state index in [-0.39, 0.29) is 100 Å². The Kier molecular flexibility index (Phi) is 23.4. The van der Waals surface area contributed by atoms with Gasteiger partial charge in [0.05, 0.1) is 40.0 Å². The van der Waals surface area contributed by atoms with Crippen molar-refractivity contribution in [1.82, 2.24) is 45.3 Å². The molecule has 33 aliphatic rings. The van der Waals surface area contributed by atoms with Crippen molar-refractivity contribution in [2.24, 2.45) is 137 Å². The molecule has 27 aliphatic carbocycles. The van der Waals surface area contributed by atoms with Crippen LogP contribution in [0.3, 0.4) is 0 Å². The van der Waals surface area contributed by atoms with Crippen molar-refractivity contribution >= 4 is 88.9 Å². The summed E-state index contributed by atoms with van der Waals surface area (Å²) < 4.78 is 0. The van der Waals surface area contributed by atoms with Gasteiger partial charge in [-0.15, -0.1) is 0 Å². The Bertz CT molecular complexity index is 5460. The van der Waals surface area contributed by atoms with Crippen LogP contribution in [-0.4, -0.2) is 253 Å². The van der Waals surface area contributed by atoms with E-state index in [1.54, 1.807) is 45.5 Å². The number of piperidine rings is 3. The van der Waals surface area contributed by atoms with Crippen molar-refractivity contribution in [2.75, 3.05) is 0 Å². The van der Waals surface area contributed by atoms with Crippen LogP contribution in [0.2, 0.25) is 0 Å². The molecule has 6 aliphatic heterocycles. The van der Waals surface area contributed by atoms with E-state index in [9.17, 15) is 89.4 Å². The van der Waals surface area contributed by atoms with Crippen LogP contribution in [0.25, 0.3) is 14.5 Å². The highest BCUT2D eigenvalue weighted by Gasteiger charge is 2.71. The zero-order chi connectivity index (χ0) is 98.8. The van der Waals surface area contributed by atoms with Crippen LogP contribution in [0.4, 0.5) is 0 Å². The third-order valence-corrected chi connectivity index (χ3v) is 40.6. The van der Waals surface area contributed by atoms with Crippen molar-refractivity contribution in [3.05, 3.63) is 71.1 Å². The number of aliphatic hydroxyl groups is 6. The molecule has 36 nitrogen and oxygen atoms in total. The van der Waals surface area contributed by atoms with Gasteiger partial charge in [0.1, 0.15) is 35.6 Å². The van der Waals surface area contributed by atoms with Crippen LogP contribution in [0.1, 0.15) is 289 Å². The van der Waals surface area contributed by atoms with Gasteiger partial charge in [-0.05, 0) is 346 Å². The molecule has 33 rings (SSSR count). The average molecular weight is 1940 g/mol. The van der Waals surface area contributed by atoms with E-state index in [2.05, 4.69) is 46.0 Å². The normalized spacial score (nSPS) is 47.6. The van der Waals surface area contributed by atoms with E-state index in [0.29, 0.717) is 166 Å². The number of rotatable bonds is 18. The summed E-state index contributed by atoms with van der Waals surface area (Å²) in [6.07, 6.45) is 46.6. The topological polar surface area (TPSA) is 513 Å². The lowest BCUT2D eigenvalue weighted by atomic mass is 9.46. The summed E-state index contributed by atoms with van der Waals surface area (Å²) in [5, 5.41) is 138. The van der Waals surface area contributed by atoms with Gasteiger partial charge in [0.25, 0.3) is 35.4 Å². The Morgan fingerprint density at radius 1 is 0.298 bits per heavy atom. The van der Waals surface area contributed by atoms with Crippen molar-refractivity contribution in [1.29, 1.82) is 16.2 Å². The number of oxime groups is 3. The van der Waals surface area contributed by atoms with Crippen molar-refractivity contribution in [3.63, 3.8) is 0 Å². The average Bonchev–Trinajstić information content (AvgIpc) is 1.68. The minimum atomic E-state index is -0.735. The lowest BCUT2D eigenvalue weighted by Gasteiger charge is -2.60. The second-order valence-electron chi connectivity index (χ2n) is 51.0. The molecule has 6 heterocycles. The summed E-state index contributed by atoms with van der Waals surface area (Å²) >= 11 is 0. The number of hydrogen-bond donors (Lipinski definition) is 15. The van der Waals surface area contributed by atoms with E-state index in [1.165, 1.54) is 14.7 Å². The van der Waals surface area contributed by atoms with Crippen molar-refractivity contribution in [2.45, 2.75) is 378 Å². The first-order chi connectivity index (χ1) is 67.2. The molecule has 30 fully saturated rings. The Labute approximate surface area is 821 Å². The van der Waals surface area contributed by atoms with E-state index >= 15 is 0 Å². The Morgan fingerprint density at radius 3 is 0.858 bits per heavy atom. The molecule has 0 aromatic rings. The van der Waals surface area contributed by atoms with Crippen LogP contribution in [0, 0.1) is 157 Å².